The number of nitrogens with two attached hydrogens (primary N) is 1. The summed E-state index contributed by atoms with van der Waals surface area (Å²) >= 11 is 0. The predicted octanol–water partition coefficient (Wildman–Crippen LogP) is 3.10. The zero-order valence-corrected chi connectivity index (χ0v) is 14.3. The third-order valence-electron chi connectivity index (χ3n) is 4.51. The van der Waals surface area contributed by atoms with Gasteiger partial charge in [-0.05, 0) is 32.3 Å². The van der Waals surface area contributed by atoms with Crippen LogP contribution < -0.4 is 11.1 Å². The van der Waals surface area contributed by atoms with Crippen LogP contribution in [0.5, 0.6) is 0 Å². The highest BCUT2D eigenvalue weighted by atomic mass is 35.5. The lowest BCUT2D eigenvalue weighted by atomic mass is 9.74. The number of halogens is 1. The molecular formula is C16H24ClN3O3. The molecule has 0 bridgehead atoms. The van der Waals surface area contributed by atoms with E-state index in [4.69, 9.17) is 5.73 Å². The van der Waals surface area contributed by atoms with E-state index in [2.05, 4.69) is 5.32 Å². The molecule has 0 radical (unpaired) electrons. The van der Waals surface area contributed by atoms with Gasteiger partial charge in [-0.1, -0.05) is 25.0 Å². The van der Waals surface area contributed by atoms with E-state index in [-0.39, 0.29) is 36.0 Å². The lowest BCUT2D eigenvalue weighted by Gasteiger charge is -2.37. The highest BCUT2D eigenvalue weighted by molar-refractivity contribution is 5.85. The number of nitro benzene ring substituents is 1. The van der Waals surface area contributed by atoms with Gasteiger partial charge in [0.2, 0.25) is 5.91 Å². The molecule has 1 saturated carbocycles. The number of carbonyl (C=O) groups is 1. The van der Waals surface area contributed by atoms with Crippen molar-refractivity contribution < 1.29 is 9.72 Å². The first-order valence-electron chi connectivity index (χ1n) is 7.65. The lowest BCUT2D eigenvalue weighted by molar-refractivity contribution is -0.384. The number of non-ortho nitro benzene ring substituents is 1. The summed E-state index contributed by atoms with van der Waals surface area (Å²) in [6, 6.07) is 6.05. The van der Waals surface area contributed by atoms with Gasteiger partial charge in [0.15, 0.2) is 0 Å². The van der Waals surface area contributed by atoms with Crippen LogP contribution in [0, 0.1) is 16.0 Å². The van der Waals surface area contributed by atoms with Gasteiger partial charge < -0.3 is 11.1 Å². The molecule has 2 rings (SSSR count). The van der Waals surface area contributed by atoms with E-state index in [1.54, 1.807) is 12.1 Å². The van der Waals surface area contributed by atoms with Crippen molar-refractivity contribution in [2.24, 2.45) is 11.7 Å². The standard InChI is InChI=1S/C16H23N3O3.ClH/c1-11(12-6-5-7-13(10-12)19(21)22)18-15(20)14-8-3-4-9-16(14,2)17;/h5-7,10-11,14H,3-4,8-9,17H2,1-2H3,(H,18,20);1H. The maximum atomic E-state index is 12.5. The number of carbonyl (C=O) groups excluding carboxylic acids is 1. The fourth-order valence-electron chi connectivity index (χ4n) is 3.09. The Hall–Kier alpha value is -1.66. The molecule has 0 heterocycles. The first kappa shape index (κ1) is 19.4. The van der Waals surface area contributed by atoms with Crippen molar-refractivity contribution in [3.8, 4) is 0 Å². The second-order valence-corrected chi connectivity index (χ2v) is 6.39. The normalized spacial score (nSPS) is 25.1. The number of benzene rings is 1. The molecule has 0 aliphatic heterocycles. The lowest BCUT2D eigenvalue weighted by Crippen LogP contribution is -2.53. The molecule has 1 aromatic carbocycles. The number of nitrogens with one attached hydrogen (secondary N) is 1. The Morgan fingerprint density at radius 1 is 1.48 bits per heavy atom. The summed E-state index contributed by atoms with van der Waals surface area (Å²) in [6.45, 7) is 3.75. The smallest absolute Gasteiger partial charge is 0.269 e. The minimum Gasteiger partial charge on any atom is -0.349 e. The molecular weight excluding hydrogens is 318 g/mol. The SMILES string of the molecule is CC(NC(=O)C1CCCCC1(C)N)c1cccc([N+](=O)[O-])c1.Cl. The molecule has 3 unspecified atom stereocenters. The van der Waals surface area contributed by atoms with Gasteiger partial charge in [0.25, 0.3) is 5.69 Å². The Labute approximate surface area is 142 Å². The van der Waals surface area contributed by atoms with E-state index >= 15 is 0 Å². The van der Waals surface area contributed by atoms with Gasteiger partial charge in [-0.3, -0.25) is 14.9 Å². The van der Waals surface area contributed by atoms with Gasteiger partial charge in [0.1, 0.15) is 0 Å². The summed E-state index contributed by atoms with van der Waals surface area (Å²) in [5, 5.41) is 13.8. The average Bonchev–Trinajstić information content (AvgIpc) is 2.46. The van der Waals surface area contributed by atoms with Crippen molar-refractivity contribution in [2.45, 2.75) is 51.1 Å². The van der Waals surface area contributed by atoms with Crippen LogP contribution in [-0.2, 0) is 4.79 Å². The molecule has 1 fully saturated rings. The Morgan fingerprint density at radius 3 is 2.78 bits per heavy atom. The zero-order valence-electron chi connectivity index (χ0n) is 13.5. The average molecular weight is 342 g/mol. The molecule has 1 amide bonds. The molecule has 3 N–H and O–H groups in total. The molecule has 0 spiro atoms. The Morgan fingerprint density at radius 2 is 2.17 bits per heavy atom. The van der Waals surface area contributed by atoms with Crippen LogP contribution in [-0.4, -0.2) is 16.4 Å². The fraction of sp³-hybridized carbons (Fsp3) is 0.562. The maximum absolute atomic E-state index is 12.5. The Bertz CT molecular complexity index is 577. The first-order valence-corrected chi connectivity index (χ1v) is 7.65. The second kappa shape index (κ2) is 7.75. The first-order chi connectivity index (χ1) is 10.3. The van der Waals surface area contributed by atoms with Crippen LogP contribution in [0.2, 0.25) is 0 Å². The van der Waals surface area contributed by atoms with Crippen molar-refractivity contribution in [3.05, 3.63) is 39.9 Å². The van der Waals surface area contributed by atoms with Crippen LogP contribution >= 0.6 is 12.4 Å². The van der Waals surface area contributed by atoms with Crippen molar-refractivity contribution in [1.29, 1.82) is 0 Å². The summed E-state index contributed by atoms with van der Waals surface area (Å²) in [6.07, 6.45) is 3.70. The molecule has 128 valence electrons. The van der Waals surface area contributed by atoms with Gasteiger partial charge in [-0.15, -0.1) is 12.4 Å². The molecule has 1 aliphatic rings. The van der Waals surface area contributed by atoms with Gasteiger partial charge in [-0.2, -0.15) is 0 Å². The fourth-order valence-corrected chi connectivity index (χ4v) is 3.09. The van der Waals surface area contributed by atoms with Gasteiger partial charge in [0, 0.05) is 17.7 Å². The monoisotopic (exact) mass is 341 g/mol. The highest BCUT2D eigenvalue weighted by Gasteiger charge is 2.38. The molecule has 6 nitrogen and oxygen atoms in total. The van der Waals surface area contributed by atoms with Crippen molar-refractivity contribution >= 4 is 24.0 Å². The molecule has 7 heteroatoms. The van der Waals surface area contributed by atoms with Crippen molar-refractivity contribution in [1.82, 2.24) is 5.32 Å². The molecule has 0 saturated heterocycles. The topological polar surface area (TPSA) is 98.3 Å². The van der Waals surface area contributed by atoms with Gasteiger partial charge in [-0.25, -0.2) is 0 Å². The number of rotatable bonds is 4. The Balaban J connectivity index is 0.00000264. The number of amides is 1. The minimum absolute atomic E-state index is 0. The molecule has 1 aromatic rings. The van der Waals surface area contributed by atoms with E-state index in [0.29, 0.717) is 0 Å². The molecule has 0 aromatic heterocycles. The third kappa shape index (κ3) is 4.65. The summed E-state index contributed by atoms with van der Waals surface area (Å²) in [5.74, 6) is -0.272. The largest absolute Gasteiger partial charge is 0.349 e. The van der Waals surface area contributed by atoms with E-state index in [1.807, 2.05) is 13.8 Å². The molecule has 3 atom stereocenters. The minimum atomic E-state index is -0.481. The predicted molar refractivity (Wildman–Crippen MR) is 91.5 cm³/mol. The van der Waals surface area contributed by atoms with Crippen molar-refractivity contribution in [2.75, 3.05) is 0 Å². The number of nitrogens with zero attached hydrogens (tertiary/aromatic N) is 1. The summed E-state index contributed by atoms with van der Waals surface area (Å²) in [7, 11) is 0. The van der Waals surface area contributed by atoms with Crippen LogP contribution in [0.25, 0.3) is 0 Å². The summed E-state index contributed by atoms with van der Waals surface area (Å²) in [4.78, 5) is 22.9. The molecule has 1 aliphatic carbocycles. The second-order valence-electron chi connectivity index (χ2n) is 6.39. The maximum Gasteiger partial charge on any atom is 0.269 e. The molecule has 23 heavy (non-hydrogen) atoms. The van der Waals surface area contributed by atoms with Gasteiger partial charge in [0.05, 0.1) is 16.9 Å². The van der Waals surface area contributed by atoms with Gasteiger partial charge >= 0.3 is 0 Å². The summed E-state index contributed by atoms with van der Waals surface area (Å²) < 4.78 is 0. The highest BCUT2D eigenvalue weighted by Crippen LogP contribution is 2.32. The van der Waals surface area contributed by atoms with E-state index in [9.17, 15) is 14.9 Å². The van der Waals surface area contributed by atoms with Crippen LogP contribution in [0.4, 0.5) is 5.69 Å². The number of hydrogen-bond acceptors (Lipinski definition) is 4. The van der Waals surface area contributed by atoms with Crippen LogP contribution in [0.15, 0.2) is 24.3 Å². The van der Waals surface area contributed by atoms with Crippen LogP contribution in [0.3, 0.4) is 0 Å². The van der Waals surface area contributed by atoms with E-state index in [0.717, 1.165) is 31.2 Å². The quantitative estimate of drug-likeness (QED) is 0.649. The van der Waals surface area contributed by atoms with E-state index < -0.39 is 10.5 Å². The number of hydrogen-bond donors (Lipinski definition) is 2. The number of nitro groups is 1. The van der Waals surface area contributed by atoms with Crippen LogP contribution in [0.1, 0.15) is 51.1 Å². The van der Waals surface area contributed by atoms with Crippen molar-refractivity contribution in [3.63, 3.8) is 0 Å². The summed E-state index contributed by atoms with van der Waals surface area (Å²) in [5.41, 5.74) is 6.52. The zero-order chi connectivity index (χ0) is 16.3. The Kier molecular flexibility index (Phi) is 6.53. The third-order valence-corrected chi connectivity index (χ3v) is 4.51. The van der Waals surface area contributed by atoms with E-state index in [1.165, 1.54) is 12.1 Å².